The molecule has 0 aliphatic carbocycles. The number of rotatable bonds is 1. The Kier molecular flexibility index (Phi) is 2.24. The molecule has 1 aliphatic rings. The second-order valence-corrected chi connectivity index (χ2v) is 2.50. The maximum absolute atomic E-state index is 10.4. The van der Waals surface area contributed by atoms with E-state index in [1.807, 2.05) is 0 Å². The monoisotopic (exact) mass is 145 g/mol. The third-order valence-corrected chi connectivity index (χ3v) is 1.77. The molecule has 2 atom stereocenters. The topological polar surface area (TPSA) is 69.6 Å². The second kappa shape index (κ2) is 2.98. The molecule has 0 saturated carbocycles. The van der Waals surface area contributed by atoms with Crippen LogP contribution >= 0.6 is 0 Å². The Balaban J connectivity index is 2.47. The molecule has 58 valence electrons. The molecule has 4 nitrogen and oxygen atoms in total. The van der Waals surface area contributed by atoms with Crippen LogP contribution in [0.3, 0.4) is 0 Å². The fourth-order valence-electron chi connectivity index (χ4n) is 1.13. The zero-order valence-electron chi connectivity index (χ0n) is 5.58. The van der Waals surface area contributed by atoms with Gasteiger partial charge in [0.1, 0.15) is 0 Å². The minimum atomic E-state index is -0.894. The van der Waals surface area contributed by atoms with E-state index in [1.165, 1.54) is 0 Å². The lowest BCUT2D eigenvalue weighted by atomic mass is 9.96. The van der Waals surface area contributed by atoms with Crippen molar-refractivity contribution in [3.8, 4) is 0 Å². The van der Waals surface area contributed by atoms with Crippen molar-refractivity contribution in [2.45, 2.75) is 12.5 Å². The smallest absolute Gasteiger partial charge is 0.309 e. The quantitative estimate of drug-likeness (QED) is 0.444. The van der Waals surface area contributed by atoms with Crippen LogP contribution < -0.4 is 5.32 Å². The first-order valence-electron chi connectivity index (χ1n) is 3.33. The third kappa shape index (κ3) is 1.46. The number of piperidine rings is 1. The van der Waals surface area contributed by atoms with Crippen LogP contribution in [0.4, 0.5) is 0 Å². The lowest BCUT2D eigenvalue weighted by Gasteiger charge is -2.24. The largest absolute Gasteiger partial charge is 0.481 e. The number of aliphatic hydroxyl groups excluding tert-OH is 1. The Morgan fingerprint density at radius 1 is 1.60 bits per heavy atom. The molecule has 1 saturated heterocycles. The van der Waals surface area contributed by atoms with Gasteiger partial charge in [-0.1, -0.05) is 0 Å². The van der Waals surface area contributed by atoms with Crippen LogP contribution in [0.1, 0.15) is 6.42 Å². The zero-order valence-corrected chi connectivity index (χ0v) is 5.58. The summed E-state index contributed by atoms with van der Waals surface area (Å²) in [6.45, 7) is 1.09. The summed E-state index contributed by atoms with van der Waals surface area (Å²) in [4.78, 5) is 10.4. The van der Waals surface area contributed by atoms with E-state index in [0.29, 0.717) is 19.5 Å². The molecule has 0 radical (unpaired) electrons. The fraction of sp³-hybridized carbons (Fsp3) is 0.833. The fourth-order valence-corrected chi connectivity index (χ4v) is 1.13. The molecule has 0 spiro atoms. The highest BCUT2D eigenvalue weighted by molar-refractivity contribution is 5.70. The highest BCUT2D eigenvalue weighted by Crippen LogP contribution is 2.11. The average molecular weight is 145 g/mol. The summed E-state index contributed by atoms with van der Waals surface area (Å²) in [5.74, 6) is -1.46. The minimum absolute atomic E-state index is 0.400. The minimum Gasteiger partial charge on any atom is -0.481 e. The first kappa shape index (κ1) is 7.50. The van der Waals surface area contributed by atoms with Crippen LogP contribution in [0.15, 0.2) is 0 Å². The Morgan fingerprint density at radius 3 is 2.70 bits per heavy atom. The van der Waals surface area contributed by atoms with Gasteiger partial charge in [-0.3, -0.25) is 4.79 Å². The van der Waals surface area contributed by atoms with E-state index in [4.69, 9.17) is 10.2 Å². The normalized spacial score (nSPS) is 33.7. The van der Waals surface area contributed by atoms with Crippen molar-refractivity contribution in [3.63, 3.8) is 0 Å². The molecule has 0 unspecified atom stereocenters. The molecule has 1 fully saturated rings. The molecule has 1 rings (SSSR count). The van der Waals surface area contributed by atoms with E-state index in [2.05, 4.69) is 5.32 Å². The van der Waals surface area contributed by atoms with Gasteiger partial charge < -0.3 is 15.5 Å². The van der Waals surface area contributed by atoms with E-state index >= 15 is 0 Å². The van der Waals surface area contributed by atoms with Crippen LogP contribution in [-0.2, 0) is 4.79 Å². The van der Waals surface area contributed by atoms with Gasteiger partial charge in [-0.05, 0) is 13.0 Å². The molecule has 10 heavy (non-hydrogen) atoms. The van der Waals surface area contributed by atoms with Gasteiger partial charge in [0.25, 0.3) is 0 Å². The van der Waals surface area contributed by atoms with Gasteiger partial charge >= 0.3 is 5.97 Å². The molecule has 0 amide bonds. The molecule has 0 aromatic carbocycles. The molecule has 1 heterocycles. The predicted octanol–water partition coefficient (Wildman–Crippen LogP) is -0.959. The summed E-state index contributed by atoms with van der Waals surface area (Å²) < 4.78 is 0. The molecule has 1 aliphatic heterocycles. The predicted molar refractivity (Wildman–Crippen MR) is 34.6 cm³/mol. The maximum Gasteiger partial charge on any atom is 0.309 e. The van der Waals surface area contributed by atoms with Gasteiger partial charge in [0.2, 0.25) is 0 Å². The van der Waals surface area contributed by atoms with Gasteiger partial charge in [-0.15, -0.1) is 0 Å². The van der Waals surface area contributed by atoms with Crippen molar-refractivity contribution in [2.75, 3.05) is 13.1 Å². The molecular weight excluding hydrogens is 134 g/mol. The number of nitrogens with one attached hydrogen (secondary N) is 1. The highest BCUT2D eigenvalue weighted by atomic mass is 16.4. The first-order chi connectivity index (χ1) is 4.72. The number of hydrogen-bond donors (Lipinski definition) is 3. The summed E-state index contributed by atoms with van der Waals surface area (Å²) in [5.41, 5.74) is 0. The summed E-state index contributed by atoms with van der Waals surface area (Å²) >= 11 is 0. The van der Waals surface area contributed by atoms with Crippen molar-refractivity contribution in [1.82, 2.24) is 5.32 Å². The van der Waals surface area contributed by atoms with Crippen LogP contribution in [0, 0.1) is 5.92 Å². The number of β-amino-alcohol motifs (C(OH)–C–C–N with tert-alkyl or cyclic N) is 1. The van der Waals surface area contributed by atoms with E-state index < -0.39 is 18.0 Å². The van der Waals surface area contributed by atoms with Crippen molar-refractivity contribution in [2.24, 2.45) is 5.92 Å². The van der Waals surface area contributed by atoms with E-state index in [0.717, 1.165) is 0 Å². The number of aliphatic hydroxyl groups is 1. The van der Waals surface area contributed by atoms with Crippen molar-refractivity contribution in [3.05, 3.63) is 0 Å². The lowest BCUT2D eigenvalue weighted by molar-refractivity contribution is -0.146. The van der Waals surface area contributed by atoms with E-state index in [9.17, 15) is 4.79 Å². The molecule has 0 bridgehead atoms. The van der Waals surface area contributed by atoms with Crippen LogP contribution in [-0.4, -0.2) is 35.4 Å². The number of aliphatic carboxylic acids is 1. The maximum atomic E-state index is 10.4. The Bertz CT molecular complexity index is 137. The Labute approximate surface area is 58.9 Å². The number of carboxylic acid groups (broad SMARTS) is 1. The standard InChI is InChI=1S/C6H11NO3/c8-5-3-7-2-1-4(5)6(9)10/h4-5,7-8H,1-3H2,(H,9,10)/t4-,5-/m0/s1. The average Bonchev–Trinajstić information content (AvgIpc) is 1.88. The number of carbonyl (C=O) groups is 1. The van der Waals surface area contributed by atoms with Gasteiger partial charge in [0, 0.05) is 6.54 Å². The highest BCUT2D eigenvalue weighted by Gasteiger charge is 2.28. The van der Waals surface area contributed by atoms with Gasteiger partial charge in [0.15, 0.2) is 0 Å². The van der Waals surface area contributed by atoms with Gasteiger partial charge in [0.05, 0.1) is 12.0 Å². The van der Waals surface area contributed by atoms with Gasteiger partial charge in [-0.2, -0.15) is 0 Å². The summed E-state index contributed by atoms with van der Waals surface area (Å²) in [6.07, 6.45) is -0.192. The van der Waals surface area contributed by atoms with Gasteiger partial charge in [-0.25, -0.2) is 0 Å². The molecule has 0 aromatic rings. The van der Waals surface area contributed by atoms with Crippen LogP contribution in [0.5, 0.6) is 0 Å². The van der Waals surface area contributed by atoms with Crippen molar-refractivity contribution in [1.29, 1.82) is 0 Å². The van der Waals surface area contributed by atoms with Crippen LogP contribution in [0.2, 0.25) is 0 Å². The van der Waals surface area contributed by atoms with E-state index in [1.54, 1.807) is 0 Å². The number of hydrogen-bond acceptors (Lipinski definition) is 3. The Morgan fingerprint density at radius 2 is 2.30 bits per heavy atom. The lowest BCUT2D eigenvalue weighted by Crippen LogP contribution is -2.43. The summed E-state index contributed by atoms with van der Waals surface area (Å²) in [7, 11) is 0. The Hall–Kier alpha value is -0.610. The molecule has 0 aromatic heterocycles. The zero-order chi connectivity index (χ0) is 7.56. The molecule has 3 N–H and O–H groups in total. The second-order valence-electron chi connectivity index (χ2n) is 2.50. The summed E-state index contributed by atoms with van der Waals surface area (Å²) in [5, 5.41) is 20.5. The molecular formula is C6H11NO3. The third-order valence-electron chi connectivity index (χ3n) is 1.77. The molecule has 4 heteroatoms. The van der Waals surface area contributed by atoms with Crippen LogP contribution in [0.25, 0.3) is 0 Å². The van der Waals surface area contributed by atoms with Crippen molar-refractivity contribution >= 4 is 5.97 Å². The SMILES string of the molecule is O=C(O)[C@H]1CCNC[C@@H]1O. The summed E-state index contributed by atoms with van der Waals surface area (Å²) in [6, 6.07) is 0. The van der Waals surface area contributed by atoms with E-state index in [-0.39, 0.29) is 0 Å². The first-order valence-corrected chi connectivity index (χ1v) is 3.33. The number of carboxylic acids is 1. The van der Waals surface area contributed by atoms with Crippen molar-refractivity contribution < 1.29 is 15.0 Å².